The van der Waals surface area contributed by atoms with E-state index in [-0.39, 0.29) is 70.8 Å². The molecule has 48 heavy (non-hydrogen) atoms. The minimum atomic E-state index is -0.999. The first-order chi connectivity index (χ1) is 23.2. The Hall–Kier alpha value is -4.40. The van der Waals surface area contributed by atoms with Crippen molar-refractivity contribution in [3.63, 3.8) is 0 Å². The second-order valence-corrected chi connectivity index (χ2v) is 13.5. The molecule has 0 saturated carbocycles. The van der Waals surface area contributed by atoms with E-state index in [0.717, 1.165) is 24.8 Å². The van der Waals surface area contributed by atoms with Crippen molar-refractivity contribution in [1.29, 1.82) is 0 Å². The summed E-state index contributed by atoms with van der Waals surface area (Å²) in [6.07, 6.45) is 8.38. The lowest BCUT2D eigenvalue weighted by atomic mass is 9.92. The monoisotopic (exact) mass is 657 g/mol. The Kier molecular flexibility index (Phi) is 7.49. The molecule has 1 aromatic heterocycles. The Morgan fingerprint density at radius 3 is 2.77 bits per heavy atom. The molecule has 5 saturated heterocycles. The first kappa shape index (κ1) is 30.9. The van der Waals surface area contributed by atoms with Crippen LogP contribution >= 0.6 is 0 Å². The third-order valence-electron chi connectivity index (χ3n) is 10.6. The fraction of sp³-hybridized carbons (Fsp3) is 0.405. The molecule has 6 heterocycles. The third kappa shape index (κ3) is 4.79. The van der Waals surface area contributed by atoms with Crippen molar-refractivity contribution in [2.75, 3.05) is 44.8 Å². The Morgan fingerprint density at radius 2 is 1.96 bits per heavy atom. The maximum Gasteiger partial charge on any atom is 0.319 e. The number of alkyl halides is 1. The molecule has 4 atom stereocenters. The van der Waals surface area contributed by atoms with E-state index in [1.54, 1.807) is 12.1 Å². The molecule has 0 radical (unpaired) electrons. The van der Waals surface area contributed by atoms with Gasteiger partial charge in [-0.2, -0.15) is 9.97 Å². The second kappa shape index (κ2) is 11.6. The number of hydrogen-bond donors (Lipinski definition) is 1. The summed E-state index contributed by atoms with van der Waals surface area (Å²) < 4.78 is 75.6. The van der Waals surface area contributed by atoms with Gasteiger partial charge in [0.05, 0.1) is 29.2 Å². The normalized spacial score (nSPS) is 25.5. The van der Waals surface area contributed by atoms with Gasteiger partial charge >= 0.3 is 6.01 Å². The SMILES string of the molecule is C#Cc1c(F)ccc2cccc(-c3c(F)c(OC)c4c(N5CC6CCCC5CN6)nc(OC[C@]56CC(=C)CN5C[C@@H](F)C6)nc4c3F)c12. The van der Waals surface area contributed by atoms with Crippen molar-refractivity contribution in [2.45, 2.75) is 55.9 Å². The summed E-state index contributed by atoms with van der Waals surface area (Å²) in [5.74, 6) is -0.203. The molecule has 7 nitrogen and oxygen atoms in total. The number of methoxy groups -OCH3 is 1. The van der Waals surface area contributed by atoms with Gasteiger partial charge in [-0.3, -0.25) is 4.90 Å². The van der Waals surface area contributed by atoms with Crippen LogP contribution in [0.3, 0.4) is 0 Å². The molecule has 9 rings (SSSR count). The van der Waals surface area contributed by atoms with Gasteiger partial charge < -0.3 is 19.7 Å². The molecule has 0 aliphatic carbocycles. The summed E-state index contributed by atoms with van der Waals surface area (Å²) >= 11 is 0. The van der Waals surface area contributed by atoms with Crippen LogP contribution in [-0.4, -0.2) is 78.6 Å². The fourth-order valence-corrected chi connectivity index (χ4v) is 8.46. The smallest absolute Gasteiger partial charge is 0.319 e. The van der Waals surface area contributed by atoms with Gasteiger partial charge in [-0.25, -0.2) is 17.6 Å². The van der Waals surface area contributed by atoms with Crippen LogP contribution in [0.25, 0.3) is 32.8 Å². The zero-order valence-corrected chi connectivity index (χ0v) is 26.6. The molecule has 1 N–H and O–H groups in total. The zero-order valence-electron chi connectivity index (χ0n) is 26.6. The van der Waals surface area contributed by atoms with Crippen molar-refractivity contribution in [3.8, 4) is 35.2 Å². The summed E-state index contributed by atoms with van der Waals surface area (Å²) in [7, 11) is 1.31. The number of piperazine rings is 1. The van der Waals surface area contributed by atoms with E-state index in [1.165, 1.54) is 25.3 Å². The highest BCUT2D eigenvalue weighted by Gasteiger charge is 2.51. The number of aromatic nitrogens is 2. The summed E-state index contributed by atoms with van der Waals surface area (Å²) in [5.41, 5.74) is -0.307. The molecule has 5 aliphatic rings. The van der Waals surface area contributed by atoms with E-state index in [0.29, 0.717) is 37.3 Å². The van der Waals surface area contributed by atoms with E-state index in [4.69, 9.17) is 20.9 Å². The van der Waals surface area contributed by atoms with Crippen LogP contribution < -0.4 is 19.7 Å². The predicted octanol–water partition coefficient (Wildman–Crippen LogP) is 6.31. The number of hydrogen-bond acceptors (Lipinski definition) is 7. The molecule has 4 aromatic rings. The summed E-state index contributed by atoms with van der Waals surface area (Å²) in [6.45, 7) is 6.33. The van der Waals surface area contributed by atoms with Gasteiger partial charge in [0.1, 0.15) is 29.9 Å². The van der Waals surface area contributed by atoms with E-state index in [9.17, 15) is 8.78 Å². The Bertz CT molecular complexity index is 2030. The summed E-state index contributed by atoms with van der Waals surface area (Å²) in [4.78, 5) is 13.5. The largest absolute Gasteiger partial charge is 0.493 e. The average Bonchev–Trinajstić information content (AvgIpc) is 3.31. The third-order valence-corrected chi connectivity index (χ3v) is 10.6. The highest BCUT2D eigenvalue weighted by Crippen LogP contribution is 2.47. The molecule has 0 amide bonds. The average molecular weight is 658 g/mol. The summed E-state index contributed by atoms with van der Waals surface area (Å²) in [6, 6.07) is 7.66. The van der Waals surface area contributed by atoms with Crippen molar-refractivity contribution in [3.05, 3.63) is 65.5 Å². The Morgan fingerprint density at radius 1 is 1.10 bits per heavy atom. The van der Waals surface area contributed by atoms with E-state index < -0.39 is 34.7 Å². The molecule has 0 spiro atoms. The quantitative estimate of drug-likeness (QED) is 0.148. The standard InChI is InChI=1S/C37H35F4N5O2/c1-4-25-27(39)12-11-21-7-5-10-26(28(21)25)29-31(40)33-30(34(47-3)32(29)41)35(46-18-23-8-6-9-24(46)15-42-23)44-36(43-33)48-19-37-13-20(2)16-45(37)17-22(38)14-37/h1,5,7,10-12,22-24,42H,2,6,8-9,13-19H2,3H3/t22-,23?,24?,37+/m0/s1. The number of nitrogens with zero attached hydrogens (tertiary/aromatic N) is 4. The van der Waals surface area contributed by atoms with Crippen molar-refractivity contribution in [1.82, 2.24) is 20.2 Å². The molecule has 248 valence electrons. The van der Waals surface area contributed by atoms with Crippen LogP contribution in [0.2, 0.25) is 0 Å². The van der Waals surface area contributed by atoms with Crippen LogP contribution in [-0.2, 0) is 0 Å². The highest BCUT2D eigenvalue weighted by molar-refractivity contribution is 6.05. The zero-order chi connectivity index (χ0) is 33.3. The van der Waals surface area contributed by atoms with Crippen LogP contribution in [0, 0.1) is 29.8 Å². The number of fused-ring (bicyclic) bond motifs is 7. The molecule has 2 bridgehead atoms. The topological polar surface area (TPSA) is 62.8 Å². The lowest BCUT2D eigenvalue weighted by Gasteiger charge is -2.39. The van der Waals surface area contributed by atoms with Crippen LogP contribution in [0.15, 0.2) is 42.5 Å². The molecule has 5 fully saturated rings. The van der Waals surface area contributed by atoms with Crippen LogP contribution in [0.4, 0.5) is 23.4 Å². The molecule has 2 unspecified atom stereocenters. The van der Waals surface area contributed by atoms with E-state index in [2.05, 4.69) is 27.7 Å². The Labute approximate surface area is 275 Å². The second-order valence-electron chi connectivity index (χ2n) is 13.5. The molecular weight excluding hydrogens is 622 g/mol. The number of ether oxygens (including phenoxy) is 2. The van der Waals surface area contributed by atoms with Gasteiger partial charge in [0.15, 0.2) is 17.4 Å². The predicted molar refractivity (Wildman–Crippen MR) is 177 cm³/mol. The van der Waals surface area contributed by atoms with Crippen molar-refractivity contribution < 1.29 is 27.0 Å². The van der Waals surface area contributed by atoms with Crippen LogP contribution in [0.1, 0.15) is 37.7 Å². The number of terminal acetylenes is 1. The van der Waals surface area contributed by atoms with Crippen molar-refractivity contribution in [2.24, 2.45) is 0 Å². The number of rotatable bonds is 6. The number of nitrogens with one attached hydrogen (secondary N) is 1. The van der Waals surface area contributed by atoms with E-state index in [1.807, 2.05) is 4.90 Å². The maximum absolute atomic E-state index is 17.2. The van der Waals surface area contributed by atoms with Gasteiger partial charge in [-0.15, -0.1) is 6.42 Å². The number of anilines is 1. The van der Waals surface area contributed by atoms with Gasteiger partial charge in [0.2, 0.25) is 0 Å². The lowest BCUT2D eigenvalue weighted by Crippen LogP contribution is -2.54. The van der Waals surface area contributed by atoms with Gasteiger partial charge in [0, 0.05) is 50.1 Å². The van der Waals surface area contributed by atoms with E-state index >= 15 is 8.78 Å². The fourth-order valence-electron chi connectivity index (χ4n) is 8.46. The first-order valence-corrected chi connectivity index (χ1v) is 16.3. The molecule has 11 heteroatoms. The Balaban J connectivity index is 1.35. The minimum Gasteiger partial charge on any atom is -0.493 e. The number of benzene rings is 3. The lowest BCUT2D eigenvalue weighted by molar-refractivity contribution is 0.107. The summed E-state index contributed by atoms with van der Waals surface area (Å²) in [5, 5.41) is 4.36. The highest BCUT2D eigenvalue weighted by atomic mass is 19.1. The van der Waals surface area contributed by atoms with Gasteiger partial charge in [-0.1, -0.05) is 42.3 Å². The molecule has 5 aliphatic heterocycles. The minimum absolute atomic E-state index is 0.0128. The van der Waals surface area contributed by atoms with Crippen molar-refractivity contribution >= 4 is 27.5 Å². The van der Waals surface area contributed by atoms with Gasteiger partial charge in [0.25, 0.3) is 0 Å². The molecular formula is C37H35F4N5O2. The van der Waals surface area contributed by atoms with Crippen LogP contribution in [0.5, 0.6) is 11.8 Å². The van der Waals surface area contributed by atoms with Gasteiger partial charge in [-0.05, 0) is 42.7 Å². The maximum atomic E-state index is 17.2. The number of halogens is 4. The molecule has 3 aromatic carbocycles. The first-order valence-electron chi connectivity index (χ1n) is 16.3.